The molecule has 0 radical (unpaired) electrons. The van der Waals surface area contributed by atoms with Crippen LogP contribution in [0.5, 0.6) is 0 Å². The minimum Gasteiger partial charge on any atom is -0.296 e. The molecule has 0 unspecified atom stereocenters. The second-order valence-corrected chi connectivity index (χ2v) is 9.12. The standard InChI is InChI=1S/C12H24N2O8S2/c1-23(17,18)21-9-7-13(8-10-22-24(2,19)20)11-3-5-12(6-4-11)14(15)16/h11-12H,3-10H2,1-2H3. The van der Waals surface area contributed by atoms with Gasteiger partial charge in [-0.2, -0.15) is 16.8 Å². The SMILES string of the molecule is CS(=O)(=O)OCCN(CCOS(C)(=O)=O)C1CCC([N+](=O)[O-])CC1. The molecule has 0 saturated heterocycles. The molecule has 0 heterocycles. The van der Waals surface area contributed by atoms with Gasteiger partial charge in [-0.05, 0) is 12.8 Å². The Morgan fingerprint density at radius 2 is 1.38 bits per heavy atom. The van der Waals surface area contributed by atoms with E-state index in [-0.39, 0.29) is 37.3 Å². The lowest BCUT2D eigenvalue weighted by molar-refractivity contribution is -0.526. The molecule has 1 aliphatic carbocycles. The van der Waals surface area contributed by atoms with Crippen molar-refractivity contribution in [1.82, 2.24) is 4.90 Å². The summed E-state index contributed by atoms with van der Waals surface area (Å²) in [4.78, 5) is 12.4. The van der Waals surface area contributed by atoms with Crippen LogP contribution in [-0.4, -0.2) is 77.6 Å². The molecule has 0 spiro atoms. The monoisotopic (exact) mass is 388 g/mol. The highest BCUT2D eigenvalue weighted by Gasteiger charge is 2.31. The molecule has 0 amide bonds. The Morgan fingerprint density at radius 3 is 1.71 bits per heavy atom. The molecule has 24 heavy (non-hydrogen) atoms. The third kappa shape index (κ3) is 8.87. The van der Waals surface area contributed by atoms with Gasteiger partial charge >= 0.3 is 0 Å². The van der Waals surface area contributed by atoms with Gasteiger partial charge in [-0.3, -0.25) is 23.4 Å². The third-order valence-electron chi connectivity index (χ3n) is 3.83. The maximum absolute atomic E-state index is 11.0. The van der Waals surface area contributed by atoms with E-state index in [1.165, 1.54) is 0 Å². The third-order valence-corrected chi connectivity index (χ3v) is 5.02. The van der Waals surface area contributed by atoms with Crippen molar-refractivity contribution in [3.05, 3.63) is 10.1 Å². The second-order valence-electron chi connectivity index (χ2n) is 5.84. The molecule has 0 aromatic carbocycles. The number of hydrogen-bond donors (Lipinski definition) is 0. The summed E-state index contributed by atoms with van der Waals surface area (Å²) in [6, 6.07) is -0.546. The Kier molecular flexibility index (Phi) is 7.99. The van der Waals surface area contributed by atoms with E-state index >= 15 is 0 Å². The minimum absolute atomic E-state index is 0.00696. The molecule has 0 atom stereocenters. The van der Waals surface area contributed by atoms with Gasteiger partial charge < -0.3 is 0 Å². The molecule has 1 saturated carbocycles. The summed E-state index contributed by atoms with van der Waals surface area (Å²) >= 11 is 0. The number of nitro groups is 1. The molecule has 1 fully saturated rings. The van der Waals surface area contributed by atoms with Crippen molar-refractivity contribution in [3.8, 4) is 0 Å². The Labute approximate surface area is 142 Å². The van der Waals surface area contributed by atoms with Gasteiger partial charge in [-0.25, -0.2) is 0 Å². The summed E-state index contributed by atoms with van der Waals surface area (Å²) in [5.41, 5.74) is 0. The molecular weight excluding hydrogens is 364 g/mol. The van der Waals surface area contributed by atoms with E-state index in [1.807, 2.05) is 4.90 Å². The Hall–Kier alpha value is -0.820. The second kappa shape index (κ2) is 9.04. The van der Waals surface area contributed by atoms with Crippen molar-refractivity contribution in [2.45, 2.75) is 37.8 Å². The van der Waals surface area contributed by atoms with Crippen LogP contribution in [0.1, 0.15) is 25.7 Å². The van der Waals surface area contributed by atoms with Crippen molar-refractivity contribution in [2.24, 2.45) is 0 Å². The molecule has 1 rings (SSSR count). The molecule has 12 heteroatoms. The Morgan fingerprint density at radius 1 is 0.958 bits per heavy atom. The van der Waals surface area contributed by atoms with Gasteiger partial charge in [0.1, 0.15) is 0 Å². The quantitative estimate of drug-likeness (QED) is 0.284. The number of nitrogens with zero attached hydrogens (tertiary/aromatic N) is 2. The van der Waals surface area contributed by atoms with Gasteiger partial charge in [0, 0.05) is 36.9 Å². The van der Waals surface area contributed by atoms with Crippen LogP contribution in [0.4, 0.5) is 0 Å². The lowest BCUT2D eigenvalue weighted by Gasteiger charge is -2.34. The van der Waals surface area contributed by atoms with Crippen LogP contribution < -0.4 is 0 Å². The molecule has 0 aliphatic heterocycles. The summed E-state index contributed by atoms with van der Waals surface area (Å²) in [5.74, 6) is 0. The van der Waals surface area contributed by atoms with Gasteiger partial charge in [-0.1, -0.05) is 0 Å². The van der Waals surface area contributed by atoms with Crippen LogP contribution in [0.15, 0.2) is 0 Å². The fourth-order valence-electron chi connectivity index (χ4n) is 2.72. The van der Waals surface area contributed by atoms with E-state index in [2.05, 4.69) is 0 Å². The summed E-state index contributed by atoms with van der Waals surface area (Å²) in [6.07, 6.45) is 3.95. The first-order valence-corrected chi connectivity index (χ1v) is 11.2. The first-order chi connectivity index (χ1) is 11.0. The molecule has 0 N–H and O–H groups in total. The highest BCUT2D eigenvalue weighted by molar-refractivity contribution is 7.86. The number of rotatable bonds is 10. The molecule has 0 aromatic heterocycles. The summed E-state index contributed by atoms with van der Waals surface area (Å²) in [5, 5.41) is 10.8. The highest BCUT2D eigenvalue weighted by Crippen LogP contribution is 2.24. The van der Waals surface area contributed by atoms with Crippen LogP contribution in [0.3, 0.4) is 0 Å². The van der Waals surface area contributed by atoms with Gasteiger partial charge in [0.15, 0.2) is 0 Å². The van der Waals surface area contributed by atoms with Crippen molar-refractivity contribution in [2.75, 3.05) is 38.8 Å². The van der Waals surface area contributed by atoms with Crippen LogP contribution in [0.2, 0.25) is 0 Å². The van der Waals surface area contributed by atoms with E-state index < -0.39 is 26.3 Å². The minimum atomic E-state index is -3.56. The molecule has 0 aromatic rings. The van der Waals surface area contributed by atoms with Gasteiger partial charge in [0.2, 0.25) is 6.04 Å². The largest absolute Gasteiger partial charge is 0.296 e. The Balaban J connectivity index is 2.58. The first kappa shape index (κ1) is 21.2. The van der Waals surface area contributed by atoms with Crippen molar-refractivity contribution in [1.29, 1.82) is 0 Å². The Bertz CT molecular complexity index is 573. The maximum Gasteiger partial charge on any atom is 0.264 e. The fraction of sp³-hybridized carbons (Fsp3) is 1.00. The van der Waals surface area contributed by atoms with Crippen molar-refractivity contribution >= 4 is 20.2 Å². The molecular formula is C12H24N2O8S2. The van der Waals surface area contributed by atoms with E-state index in [0.717, 1.165) is 12.5 Å². The lowest BCUT2D eigenvalue weighted by atomic mass is 9.90. The van der Waals surface area contributed by atoms with Crippen molar-refractivity contribution in [3.63, 3.8) is 0 Å². The zero-order chi connectivity index (χ0) is 18.4. The van der Waals surface area contributed by atoms with Gasteiger partial charge in [-0.15, -0.1) is 0 Å². The average Bonchev–Trinajstić information content (AvgIpc) is 2.43. The molecule has 142 valence electrons. The fourth-order valence-corrected chi connectivity index (χ4v) is 3.48. The predicted molar refractivity (Wildman–Crippen MR) is 86.2 cm³/mol. The zero-order valence-corrected chi connectivity index (χ0v) is 15.4. The molecule has 10 nitrogen and oxygen atoms in total. The molecule has 0 bridgehead atoms. The molecule has 1 aliphatic rings. The van der Waals surface area contributed by atoms with Gasteiger partial charge in [0.25, 0.3) is 20.2 Å². The van der Waals surface area contributed by atoms with Crippen LogP contribution in [0.25, 0.3) is 0 Å². The topological polar surface area (TPSA) is 133 Å². The summed E-state index contributed by atoms with van der Waals surface area (Å²) in [7, 11) is -7.11. The van der Waals surface area contributed by atoms with E-state index in [0.29, 0.717) is 25.7 Å². The van der Waals surface area contributed by atoms with E-state index in [4.69, 9.17) is 8.37 Å². The van der Waals surface area contributed by atoms with Crippen LogP contribution in [-0.2, 0) is 28.6 Å². The zero-order valence-electron chi connectivity index (χ0n) is 13.8. The van der Waals surface area contributed by atoms with E-state index in [1.54, 1.807) is 0 Å². The number of hydrogen-bond acceptors (Lipinski definition) is 9. The van der Waals surface area contributed by atoms with Crippen molar-refractivity contribution < 1.29 is 30.1 Å². The maximum atomic E-state index is 11.0. The summed E-state index contributed by atoms with van der Waals surface area (Å²) in [6.45, 7) is 0.418. The predicted octanol–water partition coefficient (Wildman–Crippen LogP) is -0.171. The average molecular weight is 388 g/mol. The smallest absolute Gasteiger partial charge is 0.264 e. The van der Waals surface area contributed by atoms with E-state index in [9.17, 15) is 26.9 Å². The highest BCUT2D eigenvalue weighted by atomic mass is 32.2. The van der Waals surface area contributed by atoms with Gasteiger partial charge in [0.05, 0.1) is 25.7 Å². The van der Waals surface area contributed by atoms with Crippen LogP contribution >= 0.6 is 0 Å². The summed E-state index contributed by atoms with van der Waals surface area (Å²) < 4.78 is 53.6. The van der Waals surface area contributed by atoms with Crippen LogP contribution in [0, 0.1) is 10.1 Å². The lowest BCUT2D eigenvalue weighted by Crippen LogP contribution is -2.44. The normalized spacial score (nSPS) is 22.6. The first-order valence-electron chi connectivity index (χ1n) is 7.54.